The Labute approximate surface area is 95.6 Å². The van der Waals surface area contributed by atoms with E-state index in [1.54, 1.807) is 7.11 Å². The van der Waals surface area contributed by atoms with Crippen LogP contribution in [0.2, 0.25) is 0 Å². The molecule has 1 fully saturated rings. The smallest absolute Gasteiger partial charge is 0.266 e. The van der Waals surface area contributed by atoms with Crippen LogP contribution in [0.15, 0.2) is 4.99 Å². The fourth-order valence-corrected chi connectivity index (χ4v) is 2.37. The topological polar surface area (TPSA) is 62.7 Å². The number of hydrogen-bond acceptors (Lipinski definition) is 4. The maximum atomic E-state index is 11.9. The van der Waals surface area contributed by atoms with Crippen LogP contribution >= 0.6 is 0 Å². The molecular formula is C11H19N3O2. The van der Waals surface area contributed by atoms with Gasteiger partial charge in [0.25, 0.3) is 5.91 Å². The van der Waals surface area contributed by atoms with Crippen LogP contribution in [-0.4, -0.2) is 31.0 Å². The van der Waals surface area contributed by atoms with Crippen LogP contribution in [0.4, 0.5) is 0 Å². The first-order valence-corrected chi connectivity index (χ1v) is 5.91. The van der Waals surface area contributed by atoms with Gasteiger partial charge in [-0.05, 0) is 12.8 Å². The average molecular weight is 225 g/mol. The van der Waals surface area contributed by atoms with E-state index in [0.29, 0.717) is 6.61 Å². The first-order valence-electron chi connectivity index (χ1n) is 5.91. The number of aliphatic imine (C=N–C) groups is 1. The second-order valence-corrected chi connectivity index (χ2v) is 4.47. The molecule has 1 amide bonds. The minimum Gasteiger partial charge on any atom is -0.384 e. The molecule has 0 radical (unpaired) electrons. The Bertz CT molecular complexity index is 296. The summed E-state index contributed by atoms with van der Waals surface area (Å²) in [7, 11) is 1.67. The van der Waals surface area contributed by atoms with Crippen LogP contribution in [0, 0.1) is 0 Å². The summed E-state index contributed by atoms with van der Waals surface area (Å²) in [4.78, 5) is 16.5. The molecule has 2 aliphatic rings. The van der Waals surface area contributed by atoms with Gasteiger partial charge in [-0.3, -0.25) is 20.6 Å². The monoisotopic (exact) mass is 225 g/mol. The zero-order valence-corrected chi connectivity index (χ0v) is 9.71. The van der Waals surface area contributed by atoms with E-state index in [1.165, 1.54) is 6.42 Å². The van der Waals surface area contributed by atoms with Gasteiger partial charge in [0.15, 0.2) is 0 Å². The molecule has 1 aliphatic carbocycles. The molecule has 0 atom stereocenters. The number of rotatable bonds is 3. The average Bonchev–Trinajstić information content (AvgIpc) is 2.32. The largest absolute Gasteiger partial charge is 0.384 e. The standard InChI is InChI=1S/C11H19N3O2/c1-16-8-5-9-12-11(10(15)14-13-9)6-3-2-4-7-11/h2-8H2,1H3,(H,12,13)(H,14,15). The third-order valence-electron chi connectivity index (χ3n) is 3.32. The van der Waals surface area contributed by atoms with Crippen molar-refractivity contribution >= 4 is 11.7 Å². The van der Waals surface area contributed by atoms with Crippen molar-refractivity contribution in [3.05, 3.63) is 0 Å². The normalized spacial score (nSPS) is 23.6. The van der Waals surface area contributed by atoms with Gasteiger partial charge in [0.05, 0.1) is 6.61 Å². The summed E-state index contributed by atoms with van der Waals surface area (Å²) in [6.07, 6.45) is 5.86. The van der Waals surface area contributed by atoms with E-state index in [1.807, 2.05) is 0 Å². The van der Waals surface area contributed by atoms with Crippen LogP contribution in [0.3, 0.4) is 0 Å². The van der Waals surface area contributed by atoms with Gasteiger partial charge in [-0.2, -0.15) is 0 Å². The molecule has 0 saturated heterocycles. The predicted octanol–water partition coefficient (Wildman–Crippen LogP) is 0.759. The fraction of sp³-hybridized carbons (Fsp3) is 0.818. The first kappa shape index (κ1) is 11.4. The van der Waals surface area contributed by atoms with Crippen molar-refractivity contribution in [2.24, 2.45) is 4.99 Å². The third kappa shape index (κ3) is 2.19. The first-order chi connectivity index (χ1) is 7.77. The molecule has 1 aliphatic heterocycles. The van der Waals surface area contributed by atoms with Gasteiger partial charge >= 0.3 is 0 Å². The molecule has 0 aromatic heterocycles. The Kier molecular flexibility index (Phi) is 3.43. The third-order valence-corrected chi connectivity index (χ3v) is 3.32. The summed E-state index contributed by atoms with van der Waals surface area (Å²) >= 11 is 0. The Balaban J connectivity index is 2.10. The Morgan fingerprint density at radius 1 is 1.31 bits per heavy atom. The zero-order valence-electron chi connectivity index (χ0n) is 9.71. The van der Waals surface area contributed by atoms with E-state index in [0.717, 1.165) is 37.9 Å². The molecule has 5 nitrogen and oxygen atoms in total. The summed E-state index contributed by atoms with van der Waals surface area (Å²) < 4.78 is 5.01. The lowest BCUT2D eigenvalue weighted by atomic mass is 9.81. The SMILES string of the molecule is COCCC1=NC2(CCCCC2)C(=O)NN1. The number of amides is 1. The van der Waals surface area contributed by atoms with Crippen molar-refractivity contribution in [1.29, 1.82) is 0 Å². The Morgan fingerprint density at radius 3 is 2.75 bits per heavy atom. The number of hydrogen-bond donors (Lipinski definition) is 2. The number of hydrazine groups is 1. The lowest BCUT2D eigenvalue weighted by Gasteiger charge is -2.36. The Morgan fingerprint density at radius 2 is 2.06 bits per heavy atom. The fourth-order valence-electron chi connectivity index (χ4n) is 2.37. The molecule has 1 heterocycles. The molecule has 5 heteroatoms. The maximum absolute atomic E-state index is 11.9. The van der Waals surface area contributed by atoms with Crippen molar-refractivity contribution in [2.75, 3.05) is 13.7 Å². The second kappa shape index (κ2) is 4.82. The molecule has 1 saturated carbocycles. The minimum absolute atomic E-state index is 0.0216. The van der Waals surface area contributed by atoms with E-state index in [9.17, 15) is 4.79 Å². The highest BCUT2D eigenvalue weighted by Gasteiger charge is 2.41. The van der Waals surface area contributed by atoms with Crippen molar-refractivity contribution in [1.82, 2.24) is 10.9 Å². The number of amidine groups is 1. The van der Waals surface area contributed by atoms with E-state index >= 15 is 0 Å². The van der Waals surface area contributed by atoms with Gasteiger partial charge in [0.2, 0.25) is 0 Å². The van der Waals surface area contributed by atoms with Gasteiger partial charge in [0, 0.05) is 13.5 Å². The molecule has 0 aromatic rings. The van der Waals surface area contributed by atoms with Gasteiger partial charge in [-0.15, -0.1) is 0 Å². The zero-order chi connectivity index (χ0) is 11.4. The summed E-state index contributed by atoms with van der Waals surface area (Å²) in [5, 5.41) is 0. The van der Waals surface area contributed by atoms with Crippen LogP contribution in [0.5, 0.6) is 0 Å². The molecule has 0 bridgehead atoms. The number of nitrogens with zero attached hydrogens (tertiary/aromatic N) is 1. The van der Waals surface area contributed by atoms with E-state index in [4.69, 9.17) is 4.74 Å². The number of carbonyl (C=O) groups is 1. The molecule has 0 aromatic carbocycles. The summed E-state index contributed by atoms with van der Waals surface area (Å²) in [6.45, 7) is 0.623. The van der Waals surface area contributed by atoms with E-state index < -0.39 is 5.54 Å². The number of nitrogens with one attached hydrogen (secondary N) is 2. The van der Waals surface area contributed by atoms with Gasteiger partial charge in [-0.1, -0.05) is 19.3 Å². The lowest BCUT2D eigenvalue weighted by molar-refractivity contribution is -0.128. The Hall–Kier alpha value is -1.10. The quantitative estimate of drug-likeness (QED) is 0.745. The van der Waals surface area contributed by atoms with Gasteiger partial charge < -0.3 is 4.74 Å². The number of ether oxygens (including phenoxy) is 1. The van der Waals surface area contributed by atoms with Crippen LogP contribution in [-0.2, 0) is 9.53 Å². The molecule has 16 heavy (non-hydrogen) atoms. The molecule has 0 unspecified atom stereocenters. The molecule has 90 valence electrons. The molecular weight excluding hydrogens is 206 g/mol. The molecule has 2 N–H and O–H groups in total. The lowest BCUT2D eigenvalue weighted by Crippen LogP contribution is -2.58. The highest BCUT2D eigenvalue weighted by molar-refractivity contribution is 5.96. The summed E-state index contributed by atoms with van der Waals surface area (Å²) in [5.41, 5.74) is 5.08. The molecule has 1 spiro atoms. The summed E-state index contributed by atoms with van der Waals surface area (Å²) in [5.74, 6) is 0.858. The maximum Gasteiger partial charge on any atom is 0.266 e. The highest BCUT2D eigenvalue weighted by Crippen LogP contribution is 2.33. The van der Waals surface area contributed by atoms with Crippen molar-refractivity contribution in [2.45, 2.75) is 44.1 Å². The van der Waals surface area contributed by atoms with E-state index in [-0.39, 0.29) is 5.91 Å². The number of methoxy groups -OCH3 is 1. The van der Waals surface area contributed by atoms with Crippen LogP contribution in [0.1, 0.15) is 38.5 Å². The second-order valence-electron chi connectivity index (χ2n) is 4.47. The predicted molar refractivity (Wildman–Crippen MR) is 61.0 cm³/mol. The van der Waals surface area contributed by atoms with Gasteiger partial charge in [-0.25, -0.2) is 0 Å². The summed E-state index contributed by atoms with van der Waals surface area (Å²) in [6, 6.07) is 0. The molecule has 2 rings (SSSR count). The number of carbonyl (C=O) groups excluding carboxylic acids is 1. The van der Waals surface area contributed by atoms with Crippen molar-refractivity contribution in [3.63, 3.8) is 0 Å². The van der Waals surface area contributed by atoms with Crippen molar-refractivity contribution in [3.8, 4) is 0 Å². The van der Waals surface area contributed by atoms with Crippen LogP contribution < -0.4 is 10.9 Å². The van der Waals surface area contributed by atoms with E-state index in [2.05, 4.69) is 15.8 Å². The van der Waals surface area contributed by atoms with Crippen LogP contribution in [0.25, 0.3) is 0 Å². The highest BCUT2D eigenvalue weighted by atomic mass is 16.5. The van der Waals surface area contributed by atoms with Gasteiger partial charge in [0.1, 0.15) is 11.4 Å². The minimum atomic E-state index is -0.493. The van der Waals surface area contributed by atoms with Crippen molar-refractivity contribution < 1.29 is 9.53 Å².